The SMILES string of the molecule is CCCC(=O)[NH+]([O-])OC(=O)OCC1c2ccccc2C2C=CCCC21. The van der Waals surface area contributed by atoms with E-state index in [0.717, 1.165) is 12.8 Å². The molecule has 2 aliphatic rings. The second-order valence-electron chi connectivity index (χ2n) is 6.55. The minimum Gasteiger partial charge on any atom is -0.583 e. The average Bonchev–Trinajstić information content (AvgIpc) is 2.94. The molecule has 1 aromatic carbocycles. The van der Waals surface area contributed by atoms with Gasteiger partial charge >= 0.3 is 12.1 Å². The van der Waals surface area contributed by atoms with Gasteiger partial charge in [0.2, 0.25) is 0 Å². The summed E-state index contributed by atoms with van der Waals surface area (Å²) in [5.74, 6) is 0.109. The Morgan fingerprint density at radius 2 is 2.04 bits per heavy atom. The second kappa shape index (κ2) is 7.80. The molecule has 6 nitrogen and oxygen atoms in total. The number of quaternary nitrogens is 1. The van der Waals surface area contributed by atoms with Crippen LogP contribution in [0.5, 0.6) is 0 Å². The third-order valence-electron chi connectivity index (χ3n) is 5.00. The van der Waals surface area contributed by atoms with Gasteiger partial charge in [-0.25, -0.2) is 9.63 Å². The van der Waals surface area contributed by atoms with Crippen LogP contribution < -0.4 is 5.23 Å². The highest BCUT2D eigenvalue weighted by molar-refractivity contribution is 5.67. The number of nitrogens with one attached hydrogen (secondary N) is 1. The van der Waals surface area contributed by atoms with Crippen molar-refractivity contribution in [1.82, 2.24) is 0 Å². The Morgan fingerprint density at radius 3 is 2.80 bits per heavy atom. The van der Waals surface area contributed by atoms with Crippen molar-refractivity contribution in [2.75, 3.05) is 6.61 Å². The molecule has 0 saturated carbocycles. The molecule has 0 saturated heterocycles. The summed E-state index contributed by atoms with van der Waals surface area (Å²) in [6, 6.07) is 8.19. The van der Waals surface area contributed by atoms with Gasteiger partial charge in [-0.1, -0.05) is 43.3 Å². The zero-order valence-corrected chi connectivity index (χ0v) is 14.3. The van der Waals surface area contributed by atoms with E-state index in [-0.39, 0.29) is 18.9 Å². The standard InChI is InChI=1S/C19H23NO5/c1-2-7-18(21)20(23)25-19(22)24-12-17-15-10-5-3-8-13(15)14-9-4-6-11-16(14)17/h3-5,8-10,14,16-17,20H,2,6-7,11-12H2,1H3. The zero-order valence-electron chi connectivity index (χ0n) is 14.3. The number of benzene rings is 1. The molecule has 25 heavy (non-hydrogen) atoms. The van der Waals surface area contributed by atoms with E-state index in [4.69, 9.17) is 4.74 Å². The van der Waals surface area contributed by atoms with Crippen molar-refractivity contribution >= 4 is 12.1 Å². The molecule has 1 amide bonds. The van der Waals surface area contributed by atoms with E-state index in [9.17, 15) is 14.8 Å². The van der Waals surface area contributed by atoms with Crippen LogP contribution >= 0.6 is 0 Å². The molecule has 0 aliphatic heterocycles. The molecular formula is C19H23NO5. The van der Waals surface area contributed by atoms with E-state index in [1.165, 1.54) is 11.1 Å². The first-order valence-corrected chi connectivity index (χ1v) is 8.79. The Hall–Kier alpha value is -2.18. The number of amides is 1. The largest absolute Gasteiger partial charge is 0.583 e. The predicted octanol–water partition coefficient (Wildman–Crippen LogP) is 2.61. The molecule has 6 heteroatoms. The minimum atomic E-state index is -1.14. The fourth-order valence-electron chi connectivity index (χ4n) is 3.88. The van der Waals surface area contributed by atoms with E-state index < -0.39 is 17.3 Å². The van der Waals surface area contributed by atoms with Crippen LogP contribution in [0.4, 0.5) is 4.79 Å². The van der Waals surface area contributed by atoms with Gasteiger partial charge in [-0.2, -0.15) is 4.79 Å². The summed E-state index contributed by atoms with van der Waals surface area (Å²) < 4.78 is 5.17. The smallest absolute Gasteiger partial charge is 0.560 e. The van der Waals surface area contributed by atoms with E-state index in [0.29, 0.717) is 18.3 Å². The first-order valence-electron chi connectivity index (χ1n) is 8.79. The van der Waals surface area contributed by atoms with Gasteiger partial charge in [-0.05, 0) is 36.3 Å². The molecule has 134 valence electrons. The summed E-state index contributed by atoms with van der Waals surface area (Å²) >= 11 is 0. The molecule has 0 spiro atoms. The van der Waals surface area contributed by atoms with Gasteiger partial charge < -0.3 is 9.94 Å². The average molecular weight is 345 g/mol. The van der Waals surface area contributed by atoms with E-state index >= 15 is 0 Å². The number of carbonyl (C=O) groups is 2. The van der Waals surface area contributed by atoms with Gasteiger partial charge in [0, 0.05) is 11.8 Å². The van der Waals surface area contributed by atoms with Gasteiger partial charge in [0.1, 0.15) is 6.61 Å². The van der Waals surface area contributed by atoms with Gasteiger partial charge in [-0.3, -0.25) is 0 Å². The van der Waals surface area contributed by atoms with Crippen LogP contribution in [-0.4, -0.2) is 18.7 Å². The van der Waals surface area contributed by atoms with Crippen LogP contribution in [0.3, 0.4) is 0 Å². The molecule has 0 heterocycles. The van der Waals surface area contributed by atoms with Crippen LogP contribution in [0.2, 0.25) is 0 Å². The van der Waals surface area contributed by atoms with Gasteiger partial charge in [0.15, 0.2) is 0 Å². The van der Waals surface area contributed by atoms with Crippen molar-refractivity contribution in [3.63, 3.8) is 0 Å². The fraction of sp³-hybridized carbons (Fsp3) is 0.474. The number of hydrogen-bond donors (Lipinski definition) is 1. The minimum absolute atomic E-state index is 0.0677. The molecule has 0 bridgehead atoms. The van der Waals surface area contributed by atoms with Crippen molar-refractivity contribution in [1.29, 1.82) is 0 Å². The molecule has 0 aromatic heterocycles. The Kier molecular flexibility index (Phi) is 5.50. The normalized spacial score (nSPS) is 25.0. The Labute approximate surface area is 146 Å². The molecular weight excluding hydrogens is 322 g/mol. The number of allylic oxidation sites excluding steroid dienone is 2. The van der Waals surface area contributed by atoms with Crippen molar-refractivity contribution in [3.05, 3.63) is 52.8 Å². The molecule has 1 N–H and O–H groups in total. The zero-order chi connectivity index (χ0) is 17.8. The summed E-state index contributed by atoms with van der Waals surface area (Å²) in [7, 11) is 0. The Morgan fingerprint density at radius 1 is 1.28 bits per heavy atom. The van der Waals surface area contributed by atoms with E-state index in [2.05, 4.69) is 29.1 Å². The summed E-state index contributed by atoms with van der Waals surface area (Å²) in [6.07, 6.45) is 5.98. The lowest BCUT2D eigenvalue weighted by molar-refractivity contribution is -0.965. The molecule has 0 fully saturated rings. The number of rotatable bonds is 4. The summed E-state index contributed by atoms with van der Waals surface area (Å²) in [5.41, 5.74) is 2.46. The maximum Gasteiger partial charge on any atom is 0.560 e. The summed E-state index contributed by atoms with van der Waals surface area (Å²) in [6.45, 7) is 1.93. The Bertz CT molecular complexity index is 672. The van der Waals surface area contributed by atoms with E-state index in [1.54, 1.807) is 6.92 Å². The summed E-state index contributed by atoms with van der Waals surface area (Å²) in [5, 5.41) is 10.3. The first-order chi connectivity index (χ1) is 12.1. The third-order valence-corrected chi connectivity index (χ3v) is 5.00. The maximum atomic E-state index is 11.8. The molecule has 4 unspecified atom stereocenters. The lowest BCUT2D eigenvalue weighted by Crippen LogP contribution is -3.09. The monoisotopic (exact) mass is 345 g/mol. The molecule has 3 rings (SSSR count). The van der Waals surface area contributed by atoms with Gasteiger partial charge in [0.05, 0.1) is 6.42 Å². The molecule has 1 aromatic rings. The van der Waals surface area contributed by atoms with Crippen molar-refractivity contribution in [2.24, 2.45) is 5.92 Å². The third kappa shape index (κ3) is 3.75. The number of hydroxylamine groups is 2. The number of fused-ring (bicyclic) bond motifs is 3. The summed E-state index contributed by atoms with van der Waals surface area (Å²) in [4.78, 5) is 27.6. The van der Waals surface area contributed by atoms with Crippen LogP contribution in [-0.2, 0) is 14.4 Å². The second-order valence-corrected chi connectivity index (χ2v) is 6.55. The van der Waals surface area contributed by atoms with Gasteiger partial charge in [0.25, 0.3) is 0 Å². The van der Waals surface area contributed by atoms with Crippen molar-refractivity contribution < 1.29 is 24.4 Å². The van der Waals surface area contributed by atoms with Crippen LogP contribution in [0.15, 0.2) is 36.4 Å². The van der Waals surface area contributed by atoms with Crippen LogP contribution in [0.1, 0.15) is 55.6 Å². The number of ether oxygens (including phenoxy) is 1. The van der Waals surface area contributed by atoms with E-state index in [1.807, 2.05) is 12.1 Å². The highest BCUT2D eigenvalue weighted by Gasteiger charge is 2.40. The van der Waals surface area contributed by atoms with Crippen LogP contribution in [0, 0.1) is 11.1 Å². The predicted molar refractivity (Wildman–Crippen MR) is 90.5 cm³/mol. The van der Waals surface area contributed by atoms with Crippen LogP contribution in [0.25, 0.3) is 0 Å². The number of hydrogen-bond acceptors (Lipinski definition) is 5. The highest BCUT2D eigenvalue weighted by Crippen LogP contribution is 2.51. The molecule has 0 radical (unpaired) electrons. The first kappa shape index (κ1) is 17.6. The van der Waals surface area contributed by atoms with Crippen molar-refractivity contribution in [2.45, 2.75) is 44.4 Å². The molecule has 4 atom stereocenters. The highest BCUT2D eigenvalue weighted by atomic mass is 16.9. The van der Waals surface area contributed by atoms with Crippen molar-refractivity contribution in [3.8, 4) is 0 Å². The fourth-order valence-corrected chi connectivity index (χ4v) is 3.88. The quantitative estimate of drug-likeness (QED) is 0.515. The lowest BCUT2D eigenvalue weighted by Gasteiger charge is -2.26. The van der Waals surface area contributed by atoms with Gasteiger partial charge in [-0.15, -0.1) is 5.23 Å². The number of carbonyl (C=O) groups excluding carboxylic acids is 2. The lowest BCUT2D eigenvalue weighted by atomic mass is 9.80. The maximum absolute atomic E-state index is 11.8. The molecule has 2 aliphatic carbocycles. The Balaban J connectivity index is 1.62. The topological polar surface area (TPSA) is 80.1 Å².